The summed E-state index contributed by atoms with van der Waals surface area (Å²) in [6.07, 6.45) is 6.87. The fourth-order valence-electron chi connectivity index (χ4n) is 4.07. The van der Waals surface area contributed by atoms with Crippen LogP contribution in [0.15, 0.2) is 103 Å². The second-order valence-corrected chi connectivity index (χ2v) is 9.30. The number of amides is 2. The zero-order valence-electron chi connectivity index (χ0n) is 21.8. The van der Waals surface area contributed by atoms with E-state index in [0.29, 0.717) is 53.1 Å². The first-order chi connectivity index (χ1) is 19.4. The Kier molecular flexibility index (Phi) is 9.74. The van der Waals surface area contributed by atoms with Crippen molar-refractivity contribution in [2.24, 2.45) is 0 Å². The highest BCUT2D eigenvalue weighted by molar-refractivity contribution is 6.06. The second kappa shape index (κ2) is 13.8. The Balaban J connectivity index is 1.17. The molecule has 0 bridgehead atoms. The van der Waals surface area contributed by atoms with Gasteiger partial charge in [0.1, 0.15) is 5.75 Å². The normalized spacial score (nSPS) is 14.6. The average molecular weight is 539 g/mol. The molecule has 0 radical (unpaired) electrons. The molecule has 0 fully saturated rings. The monoisotopic (exact) mass is 538 g/mol. The van der Waals surface area contributed by atoms with Crippen molar-refractivity contribution in [1.82, 2.24) is 0 Å². The molecule has 8 heteroatoms. The van der Waals surface area contributed by atoms with Crippen LogP contribution in [0.3, 0.4) is 0 Å². The maximum Gasteiger partial charge on any atom is 0.311 e. The van der Waals surface area contributed by atoms with Gasteiger partial charge in [0, 0.05) is 35.3 Å². The van der Waals surface area contributed by atoms with Crippen LogP contribution in [-0.4, -0.2) is 34.8 Å². The molecule has 1 atom stereocenters. The highest BCUT2D eigenvalue weighted by Crippen LogP contribution is 2.20. The van der Waals surface area contributed by atoms with Crippen LogP contribution in [0.5, 0.6) is 5.75 Å². The van der Waals surface area contributed by atoms with Crippen molar-refractivity contribution in [2.45, 2.75) is 38.2 Å². The number of ether oxygens (including phenoxy) is 1. The number of esters is 1. The molecule has 1 unspecified atom stereocenters. The van der Waals surface area contributed by atoms with Crippen molar-refractivity contribution in [3.8, 4) is 5.75 Å². The van der Waals surface area contributed by atoms with E-state index in [1.807, 2.05) is 18.2 Å². The molecule has 204 valence electrons. The molecule has 0 saturated heterocycles. The minimum absolute atomic E-state index is 0.0218. The zero-order valence-corrected chi connectivity index (χ0v) is 21.8. The predicted molar refractivity (Wildman–Crippen MR) is 152 cm³/mol. The van der Waals surface area contributed by atoms with E-state index in [9.17, 15) is 24.3 Å². The van der Waals surface area contributed by atoms with Gasteiger partial charge in [-0.25, -0.2) is 0 Å². The quantitative estimate of drug-likeness (QED) is 0.129. The van der Waals surface area contributed by atoms with Crippen molar-refractivity contribution in [2.75, 3.05) is 10.6 Å². The molecular weight excluding hydrogens is 508 g/mol. The number of hydrogen-bond acceptors (Lipinski definition) is 6. The predicted octanol–water partition coefficient (Wildman–Crippen LogP) is 5.47. The first-order valence-corrected chi connectivity index (χ1v) is 13.0. The smallest absolute Gasteiger partial charge is 0.311 e. The zero-order chi connectivity index (χ0) is 28.3. The number of rotatable bonds is 11. The summed E-state index contributed by atoms with van der Waals surface area (Å²) in [6, 6.07) is 21.9. The Morgan fingerprint density at radius 1 is 0.825 bits per heavy atom. The van der Waals surface area contributed by atoms with Gasteiger partial charge in [-0.3, -0.25) is 19.2 Å². The van der Waals surface area contributed by atoms with E-state index >= 15 is 0 Å². The molecule has 0 heterocycles. The van der Waals surface area contributed by atoms with Gasteiger partial charge < -0.3 is 20.5 Å². The van der Waals surface area contributed by atoms with E-state index in [4.69, 9.17) is 4.74 Å². The molecular formula is C32H30N2O6. The molecule has 0 saturated carbocycles. The number of aliphatic hydroxyl groups is 1. The summed E-state index contributed by atoms with van der Waals surface area (Å²) in [7, 11) is 0. The van der Waals surface area contributed by atoms with Crippen molar-refractivity contribution >= 4 is 34.9 Å². The molecule has 0 aliphatic heterocycles. The summed E-state index contributed by atoms with van der Waals surface area (Å²) >= 11 is 0. The van der Waals surface area contributed by atoms with Gasteiger partial charge in [0.15, 0.2) is 5.78 Å². The third-order valence-electron chi connectivity index (χ3n) is 6.19. The van der Waals surface area contributed by atoms with Crippen LogP contribution in [-0.2, 0) is 9.59 Å². The first kappa shape index (κ1) is 28.2. The van der Waals surface area contributed by atoms with Gasteiger partial charge in [0.05, 0.1) is 6.10 Å². The fraction of sp³-hybridized carbons (Fsp3) is 0.188. The largest absolute Gasteiger partial charge is 0.427 e. The molecule has 4 rings (SSSR count). The average Bonchev–Trinajstić information content (AvgIpc) is 3.28. The van der Waals surface area contributed by atoms with Crippen LogP contribution >= 0.6 is 0 Å². The van der Waals surface area contributed by atoms with E-state index in [1.54, 1.807) is 78.9 Å². The molecule has 1 aliphatic carbocycles. The number of carbonyl (C=O) groups excluding carboxylic acids is 4. The molecule has 0 aromatic heterocycles. The van der Waals surface area contributed by atoms with Crippen molar-refractivity contribution in [3.63, 3.8) is 0 Å². The summed E-state index contributed by atoms with van der Waals surface area (Å²) < 4.78 is 5.36. The lowest BCUT2D eigenvalue weighted by Gasteiger charge is -2.09. The number of allylic oxidation sites excluding steroid dienone is 3. The first-order valence-electron chi connectivity index (χ1n) is 13.0. The van der Waals surface area contributed by atoms with E-state index in [0.717, 1.165) is 0 Å². The number of anilines is 2. The van der Waals surface area contributed by atoms with Crippen molar-refractivity contribution < 1.29 is 29.0 Å². The maximum atomic E-state index is 12.6. The molecule has 8 nitrogen and oxygen atoms in total. The van der Waals surface area contributed by atoms with Crippen LogP contribution in [0, 0.1) is 0 Å². The summed E-state index contributed by atoms with van der Waals surface area (Å²) in [4.78, 5) is 48.6. The second-order valence-electron chi connectivity index (χ2n) is 9.30. The Labute approximate surface area is 232 Å². The molecule has 2 amide bonds. The molecule has 0 spiro atoms. The third-order valence-corrected chi connectivity index (χ3v) is 6.19. The number of benzene rings is 3. The molecule has 3 aromatic rings. The van der Waals surface area contributed by atoms with E-state index in [-0.39, 0.29) is 36.4 Å². The van der Waals surface area contributed by atoms with Crippen molar-refractivity contribution in [1.29, 1.82) is 0 Å². The van der Waals surface area contributed by atoms with Gasteiger partial charge >= 0.3 is 5.97 Å². The number of nitrogens with one attached hydrogen (secondary N) is 2. The molecule has 40 heavy (non-hydrogen) atoms. The van der Waals surface area contributed by atoms with Crippen LogP contribution in [0.1, 0.15) is 52.8 Å². The van der Waals surface area contributed by atoms with Gasteiger partial charge in [-0.05, 0) is 91.6 Å². The van der Waals surface area contributed by atoms with Gasteiger partial charge in [-0.15, -0.1) is 0 Å². The van der Waals surface area contributed by atoms with Gasteiger partial charge in [0.25, 0.3) is 11.8 Å². The summed E-state index contributed by atoms with van der Waals surface area (Å²) in [5.41, 5.74) is 2.71. The summed E-state index contributed by atoms with van der Waals surface area (Å²) in [5.74, 6) is -0.553. The molecule has 1 aliphatic rings. The fourth-order valence-corrected chi connectivity index (χ4v) is 4.07. The standard InChI is InChI=1S/C32H30N2O6/c35-27-20-24(29(36)21-27)10-4-1-2-7-11-30(37)40-28-18-16-26(17-19-28)34-32(39)23-12-14-25(15-13-23)33-31(38)22-8-5-3-6-9-22/h1,3-6,8-9,12-20,27,35H,2,7,10-11,21H2,(H,33,38)(H,34,39)/b4-1-. The Morgan fingerprint density at radius 2 is 1.43 bits per heavy atom. The number of unbranched alkanes of at least 4 members (excludes halogenated alkanes) is 1. The number of hydrogen-bond donors (Lipinski definition) is 3. The lowest BCUT2D eigenvalue weighted by molar-refractivity contribution is -0.134. The number of aliphatic hydroxyl groups excluding tert-OH is 1. The van der Waals surface area contributed by atoms with Gasteiger partial charge in [-0.1, -0.05) is 30.4 Å². The molecule has 3 N–H and O–H groups in total. The minimum atomic E-state index is -0.671. The Morgan fingerprint density at radius 3 is 2.02 bits per heavy atom. The van der Waals surface area contributed by atoms with E-state index < -0.39 is 6.10 Å². The number of carbonyl (C=O) groups is 4. The Bertz CT molecular complexity index is 1410. The SMILES string of the molecule is O=C(CCC/C=C\CC1=CC(O)CC1=O)Oc1ccc(NC(=O)c2ccc(NC(=O)c3ccccc3)cc2)cc1. The highest BCUT2D eigenvalue weighted by atomic mass is 16.5. The molecule has 3 aromatic carbocycles. The van der Waals surface area contributed by atoms with E-state index in [2.05, 4.69) is 10.6 Å². The summed E-state index contributed by atoms with van der Waals surface area (Å²) in [6.45, 7) is 0. The van der Waals surface area contributed by atoms with Crippen LogP contribution in [0.25, 0.3) is 0 Å². The lowest BCUT2D eigenvalue weighted by atomic mass is 10.1. The topological polar surface area (TPSA) is 122 Å². The van der Waals surface area contributed by atoms with Gasteiger partial charge in [0.2, 0.25) is 0 Å². The van der Waals surface area contributed by atoms with Crippen molar-refractivity contribution in [3.05, 3.63) is 114 Å². The number of Topliss-reactive ketones (excluding diaryl/α,β-unsaturated/α-hetero) is 1. The maximum absolute atomic E-state index is 12.6. The number of ketones is 1. The summed E-state index contributed by atoms with van der Waals surface area (Å²) in [5, 5.41) is 15.0. The van der Waals surface area contributed by atoms with E-state index in [1.165, 1.54) is 0 Å². The van der Waals surface area contributed by atoms with Crippen LogP contribution in [0.2, 0.25) is 0 Å². The minimum Gasteiger partial charge on any atom is -0.427 e. The lowest BCUT2D eigenvalue weighted by Crippen LogP contribution is -2.13. The van der Waals surface area contributed by atoms with Crippen LogP contribution < -0.4 is 15.4 Å². The highest BCUT2D eigenvalue weighted by Gasteiger charge is 2.20. The van der Waals surface area contributed by atoms with Gasteiger partial charge in [-0.2, -0.15) is 0 Å². The Hall–Kier alpha value is -4.82. The van der Waals surface area contributed by atoms with Crippen LogP contribution in [0.4, 0.5) is 11.4 Å². The third kappa shape index (κ3) is 8.34.